The Balaban J connectivity index is 1.38. The standard InChI is InChI=1S/C32H37N7O4/c1-17-12-25(42-37-17)22-14-33-29(19-6-7-19)35-27(22)21-10-11-39(31(40)41-32(3,4)5)16-24(21)28-23(26-13-18(2)38-43-26)15-34-30(36-28)20-8-9-20/h12-15,19-21,24H,6-11,16H2,1-5H3. The molecule has 224 valence electrons. The summed E-state index contributed by atoms with van der Waals surface area (Å²) in [5.41, 5.74) is 4.28. The number of aromatic nitrogens is 6. The average Bonchev–Trinajstić information content (AvgIpc) is 3.91. The van der Waals surface area contributed by atoms with Crippen molar-refractivity contribution in [2.24, 2.45) is 0 Å². The third-order valence-electron chi connectivity index (χ3n) is 8.31. The molecule has 3 fully saturated rings. The highest BCUT2D eigenvalue weighted by Crippen LogP contribution is 2.47. The molecule has 2 unspecified atom stereocenters. The summed E-state index contributed by atoms with van der Waals surface area (Å²) in [5, 5.41) is 8.30. The predicted molar refractivity (Wildman–Crippen MR) is 156 cm³/mol. The van der Waals surface area contributed by atoms with Crippen molar-refractivity contribution in [3.05, 3.63) is 59.0 Å². The topological polar surface area (TPSA) is 133 Å². The molecule has 1 aliphatic heterocycles. The first-order valence-corrected chi connectivity index (χ1v) is 15.2. The molecule has 2 aliphatic carbocycles. The SMILES string of the molecule is Cc1cc(-c2cnc(C3CC3)nc2C2CCN(C(=O)OC(C)(C)C)CC2c2nc(C3CC3)ncc2-c2cc(C)no2)on1. The molecule has 4 aromatic heterocycles. The minimum Gasteiger partial charge on any atom is -0.444 e. The fourth-order valence-electron chi connectivity index (χ4n) is 5.87. The zero-order valence-corrected chi connectivity index (χ0v) is 25.3. The van der Waals surface area contributed by atoms with Gasteiger partial charge >= 0.3 is 6.09 Å². The van der Waals surface area contributed by atoms with Gasteiger partial charge in [0.2, 0.25) is 0 Å². The van der Waals surface area contributed by atoms with E-state index in [1.807, 2.05) is 59.1 Å². The van der Waals surface area contributed by atoms with Crippen LogP contribution in [0.2, 0.25) is 0 Å². The summed E-state index contributed by atoms with van der Waals surface area (Å²) in [6.07, 6.45) is 8.38. The summed E-state index contributed by atoms with van der Waals surface area (Å²) in [6, 6.07) is 3.82. The summed E-state index contributed by atoms with van der Waals surface area (Å²) in [5.74, 6) is 3.33. The van der Waals surface area contributed by atoms with E-state index in [0.29, 0.717) is 42.9 Å². The number of hydrogen-bond donors (Lipinski definition) is 0. The van der Waals surface area contributed by atoms with Crippen LogP contribution in [0.1, 0.15) is 111 Å². The fraction of sp³-hybridized carbons (Fsp3) is 0.531. The maximum absolute atomic E-state index is 13.4. The first-order valence-electron chi connectivity index (χ1n) is 15.2. The van der Waals surface area contributed by atoms with Gasteiger partial charge in [0.15, 0.2) is 11.5 Å². The van der Waals surface area contributed by atoms with E-state index in [9.17, 15) is 4.79 Å². The second kappa shape index (κ2) is 10.5. The van der Waals surface area contributed by atoms with Gasteiger partial charge in [-0.25, -0.2) is 24.7 Å². The number of ether oxygens (including phenoxy) is 1. The van der Waals surface area contributed by atoms with Gasteiger partial charge in [-0.15, -0.1) is 0 Å². The lowest BCUT2D eigenvalue weighted by Gasteiger charge is -2.39. The number of carbonyl (C=O) groups is 1. The Morgan fingerprint density at radius 3 is 1.77 bits per heavy atom. The van der Waals surface area contributed by atoms with Crippen LogP contribution in [0.25, 0.3) is 22.6 Å². The zero-order chi connectivity index (χ0) is 29.9. The molecule has 3 aliphatic rings. The molecule has 0 radical (unpaired) electrons. The van der Waals surface area contributed by atoms with E-state index >= 15 is 0 Å². The predicted octanol–water partition coefficient (Wildman–Crippen LogP) is 6.46. The molecule has 4 aromatic rings. The molecule has 11 heteroatoms. The summed E-state index contributed by atoms with van der Waals surface area (Å²) >= 11 is 0. The van der Waals surface area contributed by atoms with Gasteiger partial charge < -0.3 is 18.7 Å². The lowest BCUT2D eigenvalue weighted by molar-refractivity contribution is 0.0181. The number of hydrogen-bond acceptors (Lipinski definition) is 10. The van der Waals surface area contributed by atoms with Crippen LogP contribution in [0.5, 0.6) is 0 Å². The molecular formula is C32H37N7O4. The Labute approximate surface area is 250 Å². The van der Waals surface area contributed by atoms with Gasteiger partial charge in [-0.1, -0.05) is 10.3 Å². The molecule has 1 amide bonds. The molecule has 0 aromatic carbocycles. The van der Waals surface area contributed by atoms with Crippen LogP contribution in [0.3, 0.4) is 0 Å². The zero-order valence-electron chi connectivity index (χ0n) is 25.3. The number of aryl methyl sites for hydroxylation is 2. The van der Waals surface area contributed by atoms with Crippen molar-refractivity contribution in [3.63, 3.8) is 0 Å². The largest absolute Gasteiger partial charge is 0.444 e. The molecule has 11 nitrogen and oxygen atoms in total. The van der Waals surface area contributed by atoms with E-state index in [2.05, 4.69) is 10.3 Å². The van der Waals surface area contributed by atoms with E-state index < -0.39 is 5.60 Å². The van der Waals surface area contributed by atoms with E-state index in [1.54, 1.807) is 4.90 Å². The fourth-order valence-corrected chi connectivity index (χ4v) is 5.87. The monoisotopic (exact) mass is 583 g/mol. The van der Waals surface area contributed by atoms with E-state index in [1.165, 1.54) is 0 Å². The van der Waals surface area contributed by atoms with E-state index in [0.717, 1.165) is 71.2 Å². The van der Waals surface area contributed by atoms with Crippen LogP contribution in [0.15, 0.2) is 33.6 Å². The maximum atomic E-state index is 13.4. The first-order chi connectivity index (χ1) is 20.6. The molecule has 0 bridgehead atoms. The second-order valence-corrected chi connectivity index (χ2v) is 13.2. The third-order valence-corrected chi connectivity index (χ3v) is 8.31. The Morgan fingerprint density at radius 2 is 1.33 bits per heavy atom. The smallest absolute Gasteiger partial charge is 0.410 e. The first kappa shape index (κ1) is 27.7. The van der Waals surface area contributed by atoms with Crippen molar-refractivity contribution < 1.29 is 18.6 Å². The minimum absolute atomic E-state index is 0.0932. The van der Waals surface area contributed by atoms with Crippen LogP contribution in [-0.4, -0.2) is 59.9 Å². The number of amides is 1. The highest BCUT2D eigenvalue weighted by molar-refractivity contribution is 5.69. The molecule has 1 saturated heterocycles. The summed E-state index contributed by atoms with van der Waals surface area (Å²) in [4.78, 5) is 35.1. The quantitative estimate of drug-likeness (QED) is 0.249. The molecule has 7 rings (SSSR count). The van der Waals surface area contributed by atoms with Crippen molar-refractivity contribution in [1.82, 2.24) is 35.1 Å². The molecule has 0 spiro atoms. The molecular weight excluding hydrogens is 546 g/mol. The van der Waals surface area contributed by atoms with Crippen molar-refractivity contribution in [1.29, 1.82) is 0 Å². The van der Waals surface area contributed by atoms with Gasteiger partial charge in [-0.3, -0.25) is 0 Å². The molecule has 5 heterocycles. The maximum Gasteiger partial charge on any atom is 0.410 e. The van der Waals surface area contributed by atoms with E-state index in [-0.39, 0.29) is 17.9 Å². The highest BCUT2D eigenvalue weighted by Gasteiger charge is 2.41. The van der Waals surface area contributed by atoms with Crippen LogP contribution < -0.4 is 0 Å². The van der Waals surface area contributed by atoms with Crippen molar-refractivity contribution >= 4 is 6.09 Å². The van der Waals surface area contributed by atoms with Gasteiger partial charge in [0.05, 0.1) is 33.9 Å². The highest BCUT2D eigenvalue weighted by atomic mass is 16.6. The summed E-state index contributed by atoms with van der Waals surface area (Å²) in [7, 11) is 0. The van der Waals surface area contributed by atoms with Crippen molar-refractivity contribution in [2.75, 3.05) is 13.1 Å². The summed E-state index contributed by atoms with van der Waals surface area (Å²) in [6.45, 7) is 10.4. The Kier molecular flexibility index (Phi) is 6.78. The normalized spacial score (nSPS) is 20.8. The number of piperidine rings is 1. The van der Waals surface area contributed by atoms with Gasteiger partial charge in [-0.2, -0.15) is 0 Å². The lowest BCUT2D eigenvalue weighted by Crippen LogP contribution is -2.45. The Hall–Kier alpha value is -4.15. The third kappa shape index (κ3) is 5.77. The Bertz CT molecular complexity index is 1660. The van der Waals surface area contributed by atoms with Gasteiger partial charge in [-0.05, 0) is 66.7 Å². The number of likely N-dealkylation sites (tertiary alicyclic amines) is 1. The van der Waals surface area contributed by atoms with Gasteiger partial charge in [0.25, 0.3) is 0 Å². The minimum atomic E-state index is -0.608. The van der Waals surface area contributed by atoms with Gasteiger partial charge in [0.1, 0.15) is 17.2 Å². The van der Waals surface area contributed by atoms with E-state index in [4.69, 9.17) is 33.7 Å². The lowest BCUT2D eigenvalue weighted by atomic mass is 9.78. The molecule has 2 saturated carbocycles. The number of rotatable bonds is 6. The average molecular weight is 584 g/mol. The molecule has 43 heavy (non-hydrogen) atoms. The summed E-state index contributed by atoms with van der Waals surface area (Å²) < 4.78 is 17.3. The van der Waals surface area contributed by atoms with Crippen LogP contribution in [0, 0.1) is 13.8 Å². The van der Waals surface area contributed by atoms with Crippen molar-refractivity contribution in [3.8, 4) is 22.6 Å². The molecule has 2 atom stereocenters. The molecule has 0 N–H and O–H groups in total. The van der Waals surface area contributed by atoms with Crippen LogP contribution >= 0.6 is 0 Å². The number of nitrogens with zero attached hydrogens (tertiary/aromatic N) is 7. The Morgan fingerprint density at radius 1 is 0.814 bits per heavy atom. The van der Waals surface area contributed by atoms with Crippen LogP contribution in [-0.2, 0) is 4.74 Å². The second-order valence-electron chi connectivity index (χ2n) is 13.2. The number of carbonyl (C=O) groups excluding carboxylic acids is 1. The van der Waals surface area contributed by atoms with Crippen LogP contribution in [0.4, 0.5) is 4.79 Å². The van der Waals surface area contributed by atoms with Gasteiger partial charge in [0, 0.05) is 61.3 Å². The van der Waals surface area contributed by atoms with Crippen molar-refractivity contribution in [2.45, 2.75) is 96.0 Å².